The maximum Gasteiger partial charge on any atom is 0.335 e. The van der Waals surface area contributed by atoms with Gasteiger partial charge in [-0.2, -0.15) is 0 Å². The Hall–Kier alpha value is -3.50. The zero-order valence-electron chi connectivity index (χ0n) is 21.7. The van der Waals surface area contributed by atoms with Crippen molar-refractivity contribution >= 4 is 57.8 Å². The van der Waals surface area contributed by atoms with Crippen LogP contribution in [0.4, 0.5) is 0 Å². The number of nitrogens with zero attached hydrogens (tertiary/aromatic N) is 1. The van der Waals surface area contributed by atoms with E-state index >= 15 is 0 Å². The monoisotopic (exact) mass is 621 g/mol. The number of aliphatic carboxylic acids is 1. The lowest BCUT2D eigenvalue weighted by atomic mass is 10.1. The predicted octanol–water partition coefficient (Wildman–Crippen LogP) is 7.43. The molecule has 0 saturated heterocycles. The normalized spacial score (nSPS) is 11.1. The zero-order chi connectivity index (χ0) is 29.4. The molecule has 0 atom stereocenters. The maximum atomic E-state index is 11.2. The first kappa shape index (κ1) is 30.5. The summed E-state index contributed by atoms with van der Waals surface area (Å²) in [5.41, 5.74) is 2.32. The average Bonchev–Trinajstić information content (AvgIpc) is 3.36. The van der Waals surface area contributed by atoms with Crippen molar-refractivity contribution in [3.05, 3.63) is 74.7 Å². The molecule has 1 heterocycles. The second-order valence-corrected chi connectivity index (χ2v) is 10.2. The summed E-state index contributed by atoms with van der Waals surface area (Å²) in [6, 6.07) is 12.9. The van der Waals surface area contributed by atoms with E-state index in [1.807, 2.05) is 0 Å². The molecule has 1 aromatic heterocycles. The molecule has 0 amide bonds. The fourth-order valence-electron chi connectivity index (χ4n) is 3.85. The number of benzene rings is 3. The molecule has 4 aromatic rings. The smallest absolute Gasteiger partial charge is 0.335 e. The summed E-state index contributed by atoms with van der Waals surface area (Å²) in [5.74, 6) is -0.779. The number of aromatic carboxylic acids is 1. The van der Waals surface area contributed by atoms with Gasteiger partial charge in [-0.25, -0.2) is 9.78 Å². The van der Waals surface area contributed by atoms with Gasteiger partial charge in [-0.05, 0) is 54.4 Å². The number of halogens is 3. The Labute approximate surface area is 250 Å². The van der Waals surface area contributed by atoms with Crippen LogP contribution in [0.5, 0.6) is 11.5 Å². The van der Waals surface area contributed by atoms with E-state index in [0.29, 0.717) is 78.9 Å². The lowest BCUT2D eigenvalue weighted by molar-refractivity contribution is -0.136. The molecule has 2 N–H and O–H groups in total. The van der Waals surface area contributed by atoms with Crippen LogP contribution in [-0.2, 0) is 16.0 Å². The number of aryl methyl sites for hydroxylation is 1. The molecule has 41 heavy (non-hydrogen) atoms. The van der Waals surface area contributed by atoms with Crippen molar-refractivity contribution in [2.24, 2.45) is 0 Å². The molecule has 0 aliphatic heterocycles. The van der Waals surface area contributed by atoms with E-state index in [1.54, 1.807) is 36.4 Å². The van der Waals surface area contributed by atoms with Gasteiger partial charge >= 0.3 is 11.9 Å². The van der Waals surface area contributed by atoms with Crippen LogP contribution < -0.4 is 9.47 Å². The topological polar surface area (TPSA) is 128 Å². The molecule has 0 fully saturated rings. The third-order valence-corrected chi connectivity index (χ3v) is 6.73. The standard InChI is InChI=1S/C29H26Cl3NO8/c30-20-13-17(4-8-26(34)35)3-7-24(20)39-11-1-9-38-10-2-12-40-27-21(31)14-19(15-22(27)32)28-33-23-6-5-18(29(36)37)16-25(23)41-28/h3,5-7,13-16H,1-2,4,8-12H2,(H,34,35)(H,36,37). The van der Waals surface area contributed by atoms with Gasteiger partial charge in [0.1, 0.15) is 11.3 Å². The minimum absolute atomic E-state index is 0.0475. The molecule has 3 aromatic carbocycles. The zero-order valence-corrected chi connectivity index (χ0v) is 24.0. The summed E-state index contributed by atoms with van der Waals surface area (Å²) in [6.07, 6.45) is 1.72. The first-order chi connectivity index (χ1) is 19.7. The van der Waals surface area contributed by atoms with Gasteiger partial charge in [-0.3, -0.25) is 4.79 Å². The number of carboxylic acid groups (broad SMARTS) is 2. The number of ether oxygens (including phenoxy) is 3. The average molecular weight is 623 g/mol. The number of aromatic nitrogens is 1. The van der Waals surface area contributed by atoms with Crippen molar-refractivity contribution in [3.63, 3.8) is 0 Å². The van der Waals surface area contributed by atoms with Crippen LogP contribution in [0, 0.1) is 0 Å². The Morgan fingerprint density at radius 1 is 0.829 bits per heavy atom. The van der Waals surface area contributed by atoms with Crippen LogP contribution in [0.25, 0.3) is 22.6 Å². The Balaban J connectivity index is 1.17. The van der Waals surface area contributed by atoms with Gasteiger partial charge < -0.3 is 28.8 Å². The summed E-state index contributed by atoms with van der Waals surface area (Å²) in [5, 5.41) is 19.0. The second kappa shape index (κ2) is 14.4. The molecular formula is C29H26Cl3NO8. The first-order valence-corrected chi connectivity index (χ1v) is 13.8. The fraction of sp³-hybridized carbons (Fsp3) is 0.276. The number of fused-ring (bicyclic) bond motifs is 1. The van der Waals surface area contributed by atoms with Crippen LogP contribution in [0.2, 0.25) is 15.1 Å². The van der Waals surface area contributed by atoms with Crippen LogP contribution in [0.1, 0.15) is 35.2 Å². The van der Waals surface area contributed by atoms with E-state index in [9.17, 15) is 9.59 Å². The fourth-order valence-corrected chi connectivity index (χ4v) is 4.70. The van der Waals surface area contributed by atoms with Crippen molar-refractivity contribution in [2.45, 2.75) is 25.7 Å². The number of rotatable bonds is 15. The predicted molar refractivity (Wildman–Crippen MR) is 155 cm³/mol. The molecule has 0 unspecified atom stereocenters. The SMILES string of the molecule is O=C(O)CCc1ccc(OCCCOCCCOc2c(Cl)cc(-c3nc4ccc(C(=O)O)cc4o3)cc2Cl)c(Cl)c1. The van der Waals surface area contributed by atoms with Crippen LogP contribution in [-0.4, -0.2) is 53.6 Å². The molecule has 4 rings (SSSR count). The summed E-state index contributed by atoms with van der Waals surface area (Å²) in [6.45, 7) is 1.71. The van der Waals surface area contributed by atoms with Crippen LogP contribution >= 0.6 is 34.8 Å². The number of oxazole rings is 1. The highest BCUT2D eigenvalue weighted by atomic mass is 35.5. The first-order valence-electron chi connectivity index (χ1n) is 12.7. The second-order valence-electron chi connectivity index (χ2n) is 8.95. The molecule has 9 nitrogen and oxygen atoms in total. The van der Waals surface area contributed by atoms with Gasteiger partial charge in [-0.15, -0.1) is 0 Å². The Kier molecular flexibility index (Phi) is 10.7. The van der Waals surface area contributed by atoms with Crippen LogP contribution in [0.15, 0.2) is 52.9 Å². The Morgan fingerprint density at radius 3 is 2.20 bits per heavy atom. The molecule has 0 saturated carbocycles. The molecule has 12 heteroatoms. The highest BCUT2D eigenvalue weighted by Gasteiger charge is 2.16. The van der Waals surface area contributed by atoms with E-state index < -0.39 is 11.9 Å². The van der Waals surface area contributed by atoms with Crippen LogP contribution in [0.3, 0.4) is 0 Å². The molecule has 0 aliphatic carbocycles. The highest BCUT2D eigenvalue weighted by molar-refractivity contribution is 6.37. The van der Waals surface area contributed by atoms with Crippen molar-refractivity contribution in [3.8, 4) is 23.0 Å². The summed E-state index contributed by atoms with van der Waals surface area (Å²) in [7, 11) is 0. The summed E-state index contributed by atoms with van der Waals surface area (Å²) < 4.78 is 22.8. The van der Waals surface area contributed by atoms with Crippen molar-refractivity contribution in [1.29, 1.82) is 0 Å². The lowest BCUT2D eigenvalue weighted by Crippen LogP contribution is -2.07. The van der Waals surface area contributed by atoms with Gasteiger partial charge in [0.15, 0.2) is 11.3 Å². The number of carboxylic acids is 2. The number of carbonyl (C=O) groups is 2. The van der Waals surface area contributed by atoms with E-state index in [-0.39, 0.29) is 27.9 Å². The van der Waals surface area contributed by atoms with Crippen molar-refractivity contribution in [1.82, 2.24) is 4.98 Å². The lowest BCUT2D eigenvalue weighted by Gasteiger charge is -2.12. The maximum absolute atomic E-state index is 11.2. The molecular weight excluding hydrogens is 597 g/mol. The minimum Gasteiger partial charge on any atom is -0.492 e. The van der Waals surface area contributed by atoms with Gasteiger partial charge in [0.25, 0.3) is 0 Å². The van der Waals surface area contributed by atoms with Gasteiger partial charge in [0.2, 0.25) is 5.89 Å². The quantitative estimate of drug-likeness (QED) is 0.130. The van der Waals surface area contributed by atoms with Gasteiger partial charge in [0.05, 0.1) is 33.8 Å². The van der Waals surface area contributed by atoms with Crippen molar-refractivity contribution in [2.75, 3.05) is 26.4 Å². The molecule has 0 bridgehead atoms. The Bertz CT molecular complexity index is 1520. The molecule has 0 radical (unpaired) electrons. The van der Waals surface area contributed by atoms with E-state index in [4.69, 9.17) is 63.6 Å². The number of hydrogen-bond acceptors (Lipinski definition) is 7. The highest BCUT2D eigenvalue weighted by Crippen LogP contribution is 2.38. The van der Waals surface area contributed by atoms with Gasteiger partial charge in [-0.1, -0.05) is 40.9 Å². The summed E-state index contributed by atoms with van der Waals surface area (Å²) >= 11 is 19.0. The largest absolute Gasteiger partial charge is 0.492 e. The number of hydrogen-bond donors (Lipinski definition) is 2. The third-order valence-electron chi connectivity index (χ3n) is 5.87. The molecule has 0 aliphatic rings. The Morgan fingerprint density at radius 2 is 1.54 bits per heavy atom. The molecule has 216 valence electrons. The summed E-state index contributed by atoms with van der Waals surface area (Å²) in [4.78, 5) is 26.3. The van der Waals surface area contributed by atoms with Crippen molar-refractivity contribution < 1.29 is 38.4 Å². The van der Waals surface area contributed by atoms with E-state index in [1.165, 1.54) is 12.1 Å². The molecule has 0 spiro atoms. The third kappa shape index (κ3) is 8.50. The van der Waals surface area contributed by atoms with E-state index in [0.717, 1.165) is 5.56 Å². The van der Waals surface area contributed by atoms with Gasteiger partial charge in [0, 0.05) is 38.0 Å². The van der Waals surface area contributed by atoms with E-state index in [2.05, 4.69) is 4.98 Å². The minimum atomic E-state index is -1.06.